The van der Waals surface area contributed by atoms with Gasteiger partial charge in [0.1, 0.15) is 11.9 Å². The number of nitrogens with zero attached hydrogens (tertiary/aromatic N) is 1. The van der Waals surface area contributed by atoms with Crippen molar-refractivity contribution in [2.75, 3.05) is 11.9 Å². The molecule has 1 atom stereocenters. The van der Waals surface area contributed by atoms with Gasteiger partial charge in [-0.15, -0.1) is 0 Å². The van der Waals surface area contributed by atoms with Gasteiger partial charge < -0.3 is 14.8 Å². The Kier molecular flexibility index (Phi) is 4.90. The first-order valence-corrected chi connectivity index (χ1v) is 11.9. The lowest BCUT2D eigenvalue weighted by molar-refractivity contribution is -0.119. The van der Waals surface area contributed by atoms with E-state index in [0.717, 1.165) is 37.8 Å². The summed E-state index contributed by atoms with van der Waals surface area (Å²) >= 11 is 0. The molecule has 0 radical (unpaired) electrons. The molecule has 5 rings (SSSR count). The average Bonchev–Trinajstić information content (AvgIpc) is 3.48. The van der Waals surface area contributed by atoms with Gasteiger partial charge in [-0.05, 0) is 62.1 Å². The van der Waals surface area contributed by atoms with Crippen molar-refractivity contribution >= 4 is 21.6 Å². The monoisotopic (exact) mass is 446 g/mol. The summed E-state index contributed by atoms with van der Waals surface area (Å²) in [5.74, 6) is -0.270. The van der Waals surface area contributed by atoms with E-state index in [2.05, 4.69) is 5.32 Å². The largest absolute Gasteiger partial charge is 0.448 e. The summed E-state index contributed by atoms with van der Waals surface area (Å²) in [4.78, 5) is 12.9. The normalized spacial score (nSPS) is 22.2. The maximum atomic E-state index is 13.2. The molecule has 2 aromatic carbocycles. The zero-order chi connectivity index (χ0) is 21.6. The van der Waals surface area contributed by atoms with E-state index >= 15 is 0 Å². The van der Waals surface area contributed by atoms with E-state index in [4.69, 9.17) is 9.47 Å². The summed E-state index contributed by atoms with van der Waals surface area (Å²) < 4.78 is 52.4. The highest BCUT2D eigenvalue weighted by Crippen LogP contribution is 2.47. The fourth-order valence-electron chi connectivity index (χ4n) is 4.55. The molecule has 31 heavy (non-hydrogen) atoms. The van der Waals surface area contributed by atoms with Crippen molar-refractivity contribution < 1.29 is 27.1 Å². The first kappa shape index (κ1) is 20.3. The number of nitrogens with one attached hydrogen (secondary N) is 1. The fourth-order valence-corrected chi connectivity index (χ4v) is 6.20. The molecule has 0 aromatic heterocycles. The Morgan fingerprint density at radius 2 is 1.74 bits per heavy atom. The van der Waals surface area contributed by atoms with Crippen LogP contribution in [0.4, 0.5) is 10.1 Å². The minimum Gasteiger partial charge on any atom is -0.448 e. The van der Waals surface area contributed by atoms with Gasteiger partial charge in [-0.25, -0.2) is 12.8 Å². The molecule has 0 unspecified atom stereocenters. The Morgan fingerprint density at radius 1 is 1.03 bits per heavy atom. The van der Waals surface area contributed by atoms with Crippen molar-refractivity contribution in [1.29, 1.82) is 0 Å². The van der Waals surface area contributed by atoms with E-state index in [1.54, 1.807) is 18.2 Å². The quantitative estimate of drug-likeness (QED) is 0.775. The summed E-state index contributed by atoms with van der Waals surface area (Å²) in [6.45, 7) is 0.238. The molecule has 1 amide bonds. The highest BCUT2D eigenvalue weighted by atomic mass is 32.2. The summed E-state index contributed by atoms with van der Waals surface area (Å²) in [5.41, 5.74) is 0.522. The smallest absolute Gasteiger partial charge is 0.251 e. The van der Waals surface area contributed by atoms with Crippen LogP contribution in [0.15, 0.2) is 47.4 Å². The van der Waals surface area contributed by atoms with Crippen molar-refractivity contribution in [3.63, 3.8) is 0 Å². The number of sulfonamides is 1. The van der Waals surface area contributed by atoms with Crippen molar-refractivity contribution in [1.82, 2.24) is 4.31 Å². The molecular formula is C22H23FN2O5S. The molecule has 7 nitrogen and oxygen atoms in total. The number of fused-ring (bicyclic) bond motifs is 1. The molecule has 1 saturated heterocycles. The molecule has 2 heterocycles. The highest BCUT2D eigenvalue weighted by molar-refractivity contribution is 7.89. The molecule has 1 spiro atoms. The molecule has 3 aliphatic rings. The van der Waals surface area contributed by atoms with Crippen molar-refractivity contribution in [3.05, 3.63) is 48.3 Å². The molecule has 2 fully saturated rings. The van der Waals surface area contributed by atoms with Gasteiger partial charge in [0.25, 0.3) is 5.79 Å². The van der Waals surface area contributed by atoms with Gasteiger partial charge in [0, 0.05) is 31.1 Å². The number of hydrogen-bond acceptors (Lipinski definition) is 5. The van der Waals surface area contributed by atoms with Crippen LogP contribution >= 0.6 is 0 Å². The lowest BCUT2D eigenvalue weighted by Gasteiger charge is -2.23. The predicted molar refractivity (Wildman–Crippen MR) is 111 cm³/mol. The third kappa shape index (κ3) is 3.65. The lowest BCUT2D eigenvalue weighted by atomic mass is 10.2. The first-order valence-electron chi connectivity index (χ1n) is 10.5. The van der Waals surface area contributed by atoms with Crippen LogP contribution in [0.2, 0.25) is 0 Å². The van der Waals surface area contributed by atoms with E-state index in [1.165, 1.54) is 16.4 Å². The Balaban J connectivity index is 1.32. The summed E-state index contributed by atoms with van der Waals surface area (Å²) in [7, 11) is -3.91. The number of amides is 1. The molecule has 2 aliphatic heterocycles. The number of anilines is 1. The maximum Gasteiger partial charge on any atom is 0.251 e. The Labute approximate surface area is 180 Å². The van der Waals surface area contributed by atoms with Gasteiger partial charge in [-0.2, -0.15) is 4.31 Å². The molecule has 1 aliphatic carbocycles. The Morgan fingerprint density at radius 3 is 2.48 bits per heavy atom. The van der Waals surface area contributed by atoms with Gasteiger partial charge >= 0.3 is 0 Å². The number of benzene rings is 2. The molecule has 1 N–H and O–H groups in total. The molecule has 164 valence electrons. The van der Waals surface area contributed by atoms with Crippen LogP contribution in [-0.4, -0.2) is 37.0 Å². The lowest BCUT2D eigenvalue weighted by Crippen LogP contribution is -2.43. The minimum absolute atomic E-state index is 0.0291. The SMILES string of the molecule is O=C(Nc1ccc2c(c1)OC1(CCCC1)O2)[C@@H]1CCCN1S(=O)(=O)c1ccc(F)cc1. The zero-order valence-electron chi connectivity index (χ0n) is 16.8. The number of carbonyl (C=O) groups is 1. The van der Waals surface area contributed by atoms with Gasteiger partial charge in [0.15, 0.2) is 11.5 Å². The fraction of sp³-hybridized carbons (Fsp3) is 0.409. The second kappa shape index (κ2) is 7.49. The number of halogens is 1. The van der Waals surface area contributed by atoms with Gasteiger partial charge in [0.05, 0.1) is 4.90 Å². The molecule has 1 saturated carbocycles. The van der Waals surface area contributed by atoms with Crippen molar-refractivity contribution in [3.8, 4) is 11.5 Å². The van der Waals surface area contributed by atoms with Crippen molar-refractivity contribution in [2.45, 2.75) is 55.2 Å². The molecular weight excluding hydrogens is 423 g/mol. The zero-order valence-corrected chi connectivity index (χ0v) is 17.7. The maximum absolute atomic E-state index is 13.2. The van der Waals surface area contributed by atoms with E-state index in [1.807, 2.05) is 0 Å². The minimum atomic E-state index is -3.91. The standard InChI is InChI=1S/C22H23FN2O5S/c23-15-5-8-17(9-6-15)31(27,28)25-13-3-4-18(25)21(26)24-16-7-10-19-20(14-16)30-22(29-19)11-1-2-12-22/h5-10,14,18H,1-4,11-13H2,(H,24,26)/t18-/m0/s1. The molecule has 9 heteroatoms. The third-order valence-corrected chi connectivity index (χ3v) is 8.02. The topological polar surface area (TPSA) is 84.9 Å². The number of ether oxygens (including phenoxy) is 2. The van der Waals surface area contributed by atoms with Crippen LogP contribution in [-0.2, 0) is 14.8 Å². The second-order valence-corrected chi connectivity index (χ2v) is 10.1. The number of rotatable bonds is 4. The summed E-state index contributed by atoms with van der Waals surface area (Å²) in [6, 6.07) is 9.00. The summed E-state index contributed by atoms with van der Waals surface area (Å²) in [5, 5.41) is 2.81. The Bertz CT molecular complexity index is 1110. The third-order valence-electron chi connectivity index (χ3n) is 6.10. The van der Waals surface area contributed by atoms with Crippen LogP contribution < -0.4 is 14.8 Å². The van der Waals surface area contributed by atoms with Crippen molar-refractivity contribution in [2.24, 2.45) is 0 Å². The summed E-state index contributed by atoms with van der Waals surface area (Å²) in [6.07, 6.45) is 4.76. The van der Waals surface area contributed by atoms with E-state index < -0.39 is 33.6 Å². The highest BCUT2D eigenvalue weighted by Gasteiger charge is 2.44. The van der Waals surface area contributed by atoms with Crippen LogP contribution in [0, 0.1) is 5.82 Å². The van der Waals surface area contributed by atoms with Gasteiger partial charge in [0.2, 0.25) is 15.9 Å². The molecule has 2 aromatic rings. The first-order chi connectivity index (χ1) is 14.9. The van der Waals surface area contributed by atoms with Crippen LogP contribution in [0.5, 0.6) is 11.5 Å². The van der Waals surface area contributed by atoms with Crippen LogP contribution in [0.25, 0.3) is 0 Å². The van der Waals surface area contributed by atoms with E-state index in [-0.39, 0.29) is 11.4 Å². The molecule has 0 bridgehead atoms. The Hall–Kier alpha value is -2.65. The van der Waals surface area contributed by atoms with E-state index in [0.29, 0.717) is 30.0 Å². The number of carbonyl (C=O) groups excluding carboxylic acids is 1. The average molecular weight is 447 g/mol. The van der Waals surface area contributed by atoms with Crippen LogP contribution in [0.3, 0.4) is 0 Å². The number of hydrogen-bond donors (Lipinski definition) is 1. The van der Waals surface area contributed by atoms with E-state index in [9.17, 15) is 17.6 Å². The predicted octanol–water partition coefficient (Wildman–Crippen LogP) is 3.66. The van der Waals surface area contributed by atoms with Gasteiger partial charge in [-0.1, -0.05) is 0 Å². The second-order valence-electron chi connectivity index (χ2n) is 8.20. The van der Waals surface area contributed by atoms with Crippen LogP contribution in [0.1, 0.15) is 38.5 Å². The van der Waals surface area contributed by atoms with Gasteiger partial charge in [-0.3, -0.25) is 4.79 Å².